The van der Waals surface area contributed by atoms with E-state index in [4.69, 9.17) is 0 Å². The van der Waals surface area contributed by atoms with Gasteiger partial charge >= 0.3 is 0 Å². The molecule has 8 nitrogen and oxygen atoms in total. The van der Waals surface area contributed by atoms with Crippen LogP contribution in [0.5, 0.6) is 0 Å². The zero-order valence-electron chi connectivity index (χ0n) is 17.0. The Morgan fingerprint density at radius 2 is 1.87 bits per heavy atom. The third-order valence-corrected chi connectivity index (χ3v) is 6.97. The van der Waals surface area contributed by atoms with E-state index in [2.05, 4.69) is 9.71 Å². The van der Waals surface area contributed by atoms with Crippen molar-refractivity contribution in [3.05, 3.63) is 59.3 Å². The average molecular weight is 441 g/mol. The van der Waals surface area contributed by atoms with Crippen molar-refractivity contribution in [1.82, 2.24) is 15.1 Å². The third-order valence-electron chi connectivity index (χ3n) is 5.82. The molecule has 0 radical (unpaired) electrons. The fraction of sp³-hybridized carbons (Fsp3) is 0.409. The number of allylic oxidation sites excluding steroid dienone is 2. The number of carbonyl (C=O) groups is 2. The molecule has 0 unspecified atom stereocenters. The van der Waals surface area contributed by atoms with Gasteiger partial charge in [-0.15, -0.1) is 4.40 Å². The number of hydrogen-bond donors (Lipinski definition) is 1. The lowest BCUT2D eigenvalue weighted by molar-refractivity contribution is -0.127. The van der Waals surface area contributed by atoms with E-state index >= 15 is 0 Å². The first kappa shape index (κ1) is 20.0. The van der Waals surface area contributed by atoms with Gasteiger partial charge in [-0.3, -0.25) is 9.59 Å². The molecule has 2 amide bonds. The molecule has 1 aromatic carbocycles. The maximum absolute atomic E-state index is 13.4. The standard InChI is InChI=1S/C22H24N4O4S/c27-21(23-17-7-8-17)16-5-3-15(4-6-16)14-26(18-9-10-18)22(28)19-2-1-11-25-12-13-31(29,30)24-20(19)25/h1-6,11,17-18H,7-10,12-14H2,(H,23,27). The molecule has 4 aliphatic rings. The molecule has 0 spiro atoms. The molecule has 1 aromatic rings. The summed E-state index contributed by atoms with van der Waals surface area (Å²) in [5, 5.41) is 2.97. The maximum atomic E-state index is 13.4. The van der Waals surface area contributed by atoms with Crippen LogP contribution in [0.3, 0.4) is 0 Å². The highest BCUT2D eigenvalue weighted by Gasteiger charge is 2.38. The molecule has 162 valence electrons. The van der Waals surface area contributed by atoms with Crippen LogP contribution in [0, 0.1) is 0 Å². The third kappa shape index (κ3) is 4.41. The number of nitrogens with one attached hydrogen (secondary N) is 1. The molecular formula is C22H24N4O4S. The molecule has 1 N–H and O–H groups in total. The van der Waals surface area contributed by atoms with Gasteiger partial charge in [0, 0.05) is 36.9 Å². The zero-order chi connectivity index (χ0) is 21.6. The van der Waals surface area contributed by atoms with Gasteiger partial charge in [-0.25, -0.2) is 8.42 Å². The molecule has 2 saturated carbocycles. The lowest BCUT2D eigenvalue weighted by Crippen LogP contribution is -2.44. The fourth-order valence-electron chi connectivity index (χ4n) is 3.75. The summed E-state index contributed by atoms with van der Waals surface area (Å²) in [4.78, 5) is 29.1. The molecule has 2 aliphatic heterocycles. The first-order valence-corrected chi connectivity index (χ1v) is 12.2. The van der Waals surface area contributed by atoms with Crippen molar-refractivity contribution < 1.29 is 18.0 Å². The molecule has 5 rings (SSSR count). The van der Waals surface area contributed by atoms with Crippen LogP contribution in [0.4, 0.5) is 0 Å². The van der Waals surface area contributed by atoms with Gasteiger partial charge in [0.05, 0.1) is 11.3 Å². The molecular weight excluding hydrogens is 416 g/mol. The zero-order valence-corrected chi connectivity index (χ0v) is 17.8. The first-order valence-electron chi connectivity index (χ1n) is 10.6. The van der Waals surface area contributed by atoms with Crippen molar-refractivity contribution in [3.63, 3.8) is 0 Å². The Bertz CT molecular complexity index is 1110. The fourth-order valence-corrected chi connectivity index (χ4v) is 4.73. The summed E-state index contributed by atoms with van der Waals surface area (Å²) in [6, 6.07) is 7.74. The summed E-state index contributed by atoms with van der Waals surface area (Å²) in [5.74, 6) is -0.144. The number of nitrogens with zero attached hydrogens (tertiary/aromatic N) is 3. The van der Waals surface area contributed by atoms with Gasteiger partial charge in [-0.2, -0.15) is 0 Å². The molecule has 2 aliphatic carbocycles. The molecule has 0 aromatic heterocycles. The minimum absolute atomic E-state index is 0.0602. The molecule has 9 heteroatoms. The number of rotatable bonds is 6. The molecule has 0 bridgehead atoms. The van der Waals surface area contributed by atoms with Crippen LogP contribution >= 0.6 is 0 Å². The molecule has 0 atom stereocenters. The highest BCUT2D eigenvalue weighted by molar-refractivity contribution is 7.90. The Hall–Kier alpha value is -2.94. The Morgan fingerprint density at radius 1 is 1.13 bits per heavy atom. The van der Waals surface area contributed by atoms with E-state index in [0.717, 1.165) is 31.2 Å². The van der Waals surface area contributed by atoms with Gasteiger partial charge in [-0.1, -0.05) is 12.1 Å². The second-order valence-electron chi connectivity index (χ2n) is 8.43. The van der Waals surface area contributed by atoms with Crippen LogP contribution in [-0.4, -0.2) is 60.2 Å². The van der Waals surface area contributed by atoms with E-state index in [1.165, 1.54) is 0 Å². The first-order chi connectivity index (χ1) is 14.9. The van der Waals surface area contributed by atoms with Crippen molar-refractivity contribution in [3.8, 4) is 0 Å². The predicted octanol–water partition coefficient (Wildman–Crippen LogP) is 1.57. The van der Waals surface area contributed by atoms with E-state index in [9.17, 15) is 18.0 Å². The van der Waals surface area contributed by atoms with E-state index in [-0.39, 0.29) is 36.0 Å². The second-order valence-corrected chi connectivity index (χ2v) is 10.2. The number of sulfonamides is 1. The number of benzene rings is 1. The van der Waals surface area contributed by atoms with Crippen molar-refractivity contribution in [2.75, 3.05) is 12.3 Å². The van der Waals surface area contributed by atoms with Gasteiger partial charge in [0.2, 0.25) is 0 Å². The molecule has 2 heterocycles. The van der Waals surface area contributed by atoms with Gasteiger partial charge in [0.15, 0.2) is 5.84 Å². The Kier molecular flexibility index (Phi) is 4.92. The molecule has 31 heavy (non-hydrogen) atoms. The van der Waals surface area contributed by atoms with Crippen LogP contribution in [-0.2, 0) is 21.4 Å². The van der Waals surface area contributed by atoms with Crippen LogP contribution in [0.2, 0.25) is 0 Å². The van der Waals surface area contributed by atoms with Gasteiger partial charge in [0.1, 0.15) is 0 Å². The van der Waals surface area contributed by atoms with Gasteiger partial charge < -0.3 is 15.1 Å². The lowest BCUT2D eigenvalue weighted by atomic mass is 10.1. The highest BCUT2D eigenvalue weighted by atomic mass is 32.2. The van der Waals surface area contributed by atoms with Crippen molar-refractivity contribution >= 4 is 27.7 Å². The highest BCUT2D eigenvalue weighted by Crippen LogP contribution is 2.31. The summed E-state index contributed by atoms with van der Waals surface area (Å²) in [6.07, 6.45) is 9.06. The summed E-state index contributed by atoms with van der Waals surface area (Å²) in [6.45, 7) is 0.686. The van der Waals surface area contributed by atoms with E-state index in [0.29, 0.717) is 23.7 Å². The van der Waals surface area contributed by atoms with Crippen molar-refractivity contribution in [2.24, 2.45) is 4.40 Å². The normalized spacial score (nSPS) is 21.6. The van der Waals surface area contributed by atoms with Crippen LogP contribution in [0.15, 0.2) is 52.6 Å². The quantitative estimate of drug-likeness (QED) is 0.724. The second kappa shape index (κ2) is 7.64. The number of amides is 2. The Morgan fingerprint density at radius 3 is 2.55 bits per heavy atom. The maximum Gasteiger partial charge on any atom is 0.258 e. The predicted molar refractivity (Wildman–Crippen MR) is 116 cm³/mol. The topological polar surface area (TPSA) is 99.1 Å². The smallest absolute Gasteiger partial charge is 0.258 e. The van der Waals surface area contributed by atoms with Crippen LogP contribution in [0.1, 0.15) is 41.6 Å². The summed E-state index contributed by atoms with van der Waals surface area (Å²) < 4.78 is 27.9. The van der Waals surface area contributed by atoms with E-state index in [1.807, 2.05) is 12.1 Å². The van der Waals surface area contributed by atoms with Crippen molar-refractivity contribution in [2.45, 2.75) is 44.3 Å². The van der Waals surface area contributed by atoms with E-state index in [1.54, 1.807) is 40.3 Å². The minimum atomic E-state index is -3.56. The summed E-state index contributed by atoms with van der Waals surface area (Å²) >= 11 is 0. The number of amidine groups is 1. The monoisotopic (exact) mass is 440 g/mol. The lowest BCUT2D eigenvalue weighted by Gasteiger charge is -2.31. The minimum Gasteiger partial charge on any atom is -0.349 e. The Labute approximate surface area is 181 Å². The van der Waals surface area contributed by atoms with E-state index < -0.39 is 10.0 Å². The molecule has 2 fully saturated rings. The summed E-state index contributed by atoms with van der Waals surface area (Å²) in [7, 11) is -3.56. The van der Waals surface area contributed by atoms with Gasteiger partial charge in [0.25, 0.3) is 21.8 Å². The Balaban J connectivity index is 1.34. The molecule has 0 saturated heterocycles. The number of fused-ring (bicyclic) bond motifs is 1. The summed E-state index contributed by atoms with van der Waals surface area (Å²) in [5.41, 5.74) is 1.83. The average Bonchev–Trinajstić information content (AvgIpc) is 3.66. The van der Waals surface area contributed by atoms with Crippen LogP contribution in [0.25, 0.3) is 0 Å². The van der Waals surface area contributed by atoms with Crippen LogP contribution < -0.4 is 5.32 Å². The van der Waals surface area contributed by atoms with Crippen molar-refractivity contribution in [1.29, 1.82) is 0 Å². The number of carbonyl (C=O) groups excluding carboxylic acids is 2. The SMILES string of the molecule is O=C(NC1CC1)c1ccc(CN(C(=O)C2=CC=CN3CCS(=O)(=O)N=C23)C2CC2)cc1. The largest absolute Gasteiger partial charge is 0.349 e. The number of hydrogen-bond acceptors (Lipinski definition) is 5. The van der Waals surface area contributed by atoms with Gasteiger partial charge in [-0.05, 0) is 55.5 Å².